The number of phenolic OH excluding ortho intramolecular Hbond substituents is 1. The van der Waals surface area contributed by atoms with Crippen molar-refractivity contribution in [2.45, 2.75) is 185 Å². The molecular formula is C65H93N15O16. The van der Waals surface area contributed by atoms with E-state index < -0.39 is 175 Å². The molecule has 0 aliphatic carbocycles. The number of nitrogens with zero attached hydrogens (tertiary/aromatic N) is 4. The fourth-order valence-electron chi connectivity index (χ4n) is 11.9. The number of rotatable bonds is 34. The van der Waals surface area contributed by atoms with Crippen LogP contribution in [0.3, 0.4) is 0 Å². The number of carboxylic acids is 1. The lowest BCUT2D eigenvalue weighted by Crippen LogP contribution is -2.61. The molecule has 31 heteroatoms. The van der Waals surface area contributed by atoms with E-state index in [1.165, 1.54) is 39.4 Å². The number of aromatic nitrogens is 2. The monoisotopic (exact) mass is 1340 g/mol. The minimum absolute atomic E-state index is 0.0299. The van der Waals surface area contributed by atoms with Crippen LogP contribution in [0.2, 0.25) is 0 Å². The van der Waals surface area contributed by atoms with Gasteiger partial charge in [-0.05, 0) is 86.0 Å². The van der Waals surface area contributed by atoms with E-state index in [0.29, 0.717) is 42.5 Å². The molecule has 96 heavy (non-hydrogen) atoms. The van der Waals surface area contributed by atoms with Crippen LogP contribution < -0.4 is 54.0 Å². The first-order valence-corrected chi connectivity index (χ1v) is 32.6. The van der Waals surface area contributed by atoms with Crippen LogP contribution in [0.1, 0.15) is 116 Å². The Balaban J connectivity index is 1.14. The molecule has 3 aromatic rings. The Hall–Kier alpha value is -9.52. The van der Waals surface area contributed by atoms with Crippen molar-refractivity contribution >= 4 is 76.9 Å². The summed E-state index contributed by atoms with van der Waals surface area (Å²) in [6, 6.07) is 0.727. The zero-order valence-corrected chi connectivity index (χ0v) is 55.0. The predicted molar refractivity (Wildman–Crippen MR) is 345 cm³/mol. The van der Waals surface area contributed by atoms with Crippen LogP contribution in [0.25, 0.3) is 0 Å². The van der Waals surface area contributed by atoms with Crippen molar-refractivity contribution in [3.05, 3.63) is 83.9 Å². The first-order valence-electron chi connectivity index (χ1n) is 32.6. The minimum Gasteiger partial charge on any atom is -0.508 e. The van der Waals surface area contributed by atoms with Gasteiger partial charge in [0.25, 0.3) is 0 Å². The summed E-state index contributed by atoms with van der Waals surface area (Å²) in [5.41, 5.74) is 12.5. The summed E-state index contributed by atoms with van der Waals surface area (Å²) in [6.45, 7) is 9.51. The predicted octanol–water partition coefficient (Wildman–Crippen LogP) is -2.35. The number of aliphatic hydroxyl groups is 1. The van der Waals surface area contributed by atoms with E-state index in [-0.39, 0.29) is 76.2 Å². The largest absolute Gasteiger partial charge is 0.508 e. The zero-order valence-electron chi connectivity index (χ0n) is 55.0. The lowest BCUT2D eigenvalue weighted by atomic mass is 9.97. The molecule has 0 bridgehead atoms. The average molecular weight is 1340 g/mol. The number of carboxylic acid groups (broad SMARTS) is 1. The number of primary amides is 1. The Morgan fingerprint density at radius 1 is 0.594 bits per heavy atom. The maximum absolute atomic E-state index is 15.0. The molecule has 16 N–H and O–H groups in total. The number of hydrogen-bond acceptors (Lipinski definition) is 17. The first kappa shape index (κ1) is 75.5. The molecule has 524 valence electrons. The maximum atomic E-state index is 15.0. The summed E-state index contributed by atoms with van der Waals surface area (Å²) < 4.78 is 0. The number of imidazole rings is 1. The van der Waals surface area contributed by atoms with Gasteiger partial charge < -0.3 is 89.0 Å². The standard InChI is InChI=1S/C65H93N15O16/c1-7-37(6)54(62(92)72-44(29-40-31-68-34-70-40)56(86)75-47(65(95)96)30-51(67)83)77-60(90)49-17-11-23-78(49)52(84)32-69-58(88)48-16-12-24-79(48)63(93)45(27-38-14-9-8-10-15-38)73-59(89)50-18-13-25-80(50)64(94)46(28-39-19-21-41(82)22-20-39)74-61(91)53(36(4)5)76-57(87)43(26-35(2)3)71-55(85)42(66)33-81/h8-10,14-15,19-22,31,34-37,42-50,53-54,81-82H,7,11-13,16-18,23-30,32-33,66H2,1-6H3,(H2,67,83)(H,68,70)(H,69,88)(H,71,85)(H,72,92)(H,73,89)(H,74,91)(H,75,86)(H,76,87)(H,77,90)(H,95,96)/t37-,42-,43-,44-,45-,46-,47-,48-,49-,50-,53-,54-/m0/s1. The van der Waals surface area contributed by atoms with Crippen LogP contribution in [-0.4, -0.2) is 216 Å². The molecule has 0 unspecified atom stereocenters. The number of aliphatic hydroxyl groups excluding tert-OH is 1. The van der Waals surface area contributed by atoms with Gasteiger partial charge in [0.2, 0.25) is 70.9 Å². The molecule has 12 atom stereocenters. The second-order valence-corrected chi connectivity index (χ2v) is 25.5. The smallest absolute Gasteiger partial charge is 0.326 e. The van der Waals surface area contributed by atoms with Crippen molar-refractivity contribution < 1.29 is 77.6 Å². The summed E-state index contributed by atoms with van der Waals surface area (Å²) in [7, 11) is 0. The van der Waals surface area contributed by atoms with Crippen LogP contribution in [0.15, 0.2) is 67.1 Å². The third kappa shape index (κ3) is 21.2. The van der Waals surface area contributed by atoms with Crippen molar-refractivity contribution in [1.82, 2.24) is 67.2 Å². The van der Waals surface area contributed by atoms with Crippen LogP contribution >= 0.6 is 0 Å². The van der Waals surface area contributed by atoms with Gasteiger partial charge in [0.15, 0.2) is 0 Å². The van der Waals surface area contributed by atoms with E-state index in [1.807, 2.05) is 13.8 Å². The highest BCUT2D eigenvalue weighted by Crippen LogP contribution is 2.25. The highest BCUT2D eigenvalue weighted by Gasteiger charge is 2.44. The molecule has 4 heterocycles. The number of amides is 12. The number of nitrogens with one attached hydrogen (secondary N) is 9. The molecule has 0 spiro atoms. The van der Waals surface area contributed by atoms with Crippen molar-refractivity contribution in [2.75, 3.05) is 32.8 Å². The van der Waals surface area contributed by atoms with Gasteiger partial charge in [-0.1, -0.05) is 90.4 Å². The third-order valence-corrected chi connectivity index (χ3v) is 17.4. The Morgan fingerprint density at radius 3 is 1.65 bits per heavy atom. The Kier molecular flexibility index (Phi) is 28.2. The molecule has 3 saturated heterocycles. The van der Waals surface area contributed by atoms with E-state index in [4.69, 9.17) is 11.5 Å². The topological polar surface area (TPSA) is 469 Å². The van der Waals surface area contributed by atoms with Gasteiger partial charge in [0, 0.05) is 50.8 Å². The van der Waals surface area contributed by atoms with Crippen molar-refractivity contribution in [3.8, 4) is 5.75 Å². The fraction of sp³-hybridized carbons (Fsp3) is 0.569. The molecular weight excluding hydrogens is 1250 g/mol. The molecule has 2 aromatic carbocycles. The molecule has 31 nitrogen and oxygen atoms in total. The molecule has 12 amide bonds. The number of nitrogens with two attached hydrogens (primary N) is 2. The van der Waals surface area contributed by atoms with E-state index in [9.17, 15) is 77.6 Å². The third-order valence-electron chi connectivity index (χ3n) is 17.4. The van der Waals surface area contributed by atoms with Crippen LogP contribution in [-0.2, 0) is 81.6 Å². The van der Waals surface area contributed by atoms with E-state index in [0.717, 1.165) is 0 Å². The first-order chi connectivity index (χ1) is 45.6. The normalized spacial score (nSPS) is 18.9. The molecule has 0 radical (unpaired) electrons. The number of aromatic amines is 1. The Bertz CT molecular complexity index is 3230. The van der Waals surface area contributed by atoms with Crippen LogP contribution in [0.4, 0.5) is 0 Å². The lowest BCUT2D eigenvalue weighted by Gasteiger charge is -2.33. The number of carbonyl (C=O) groups excluding carboxylic acids is 12. The van der Waals surface area contributed by atoms with Crippen LogP contribution in [0.5, 0.6) is 5.75 Å². The number of H-pyrrole nitrogens is 1. The highest BCUT2D eigenvalue weighted by molar-refractivity contribution is 6.00. The van der Waals surface area contributed by atoms with Gasteiger partial charge in [-0.2, -0.15) is 0 Å². The van der Waals surface area contributed by atoms with Crippen molar-refractivity contribution in [3.63, 3.8) is 0 Å². The number of benzene rings is 2. The van der Waals surface area contributed by atoms with E-state index >= 15 is 0 Å². The summed E-state index contributed by atoms with van der Waals surface area (Å²) in [6.07, 6.45) is 3.85. The summed E-state index contributed by atoms with van der Waals surface area (Å²) in [5.74, 6) is -11.8. The van der Waals surface area contributed by atoms with Gasteiger partial charge >= 0.3 is 5.97 Å². The molecule has 6 rings (SSSR count). The summed E-state index contributed by atoms with van der Waals surface area (Å²) >= 11 is 0. The van der Waals surface area contributed by atoms with Crippen LogP contribution in [0, 0.1) is 17.8 Å². The van der Waals surface area contributed by atoms with Gasteiger partial charge in [-0.15, -0.1) is 0 Å². The van der Waals surface area contributed by atoms with Gasteiger partial charge in [0.05, 0.1) is 25.9 Å². The van der Waals surface area contributed by atoms with Crippen molar-refractivity contribution in [2.24, 2.45) is 29.2 Å². The second kappa shape index (κ2) is 35.8. The second-order valence-electron chi connectivity index (χ2n) is 25.5. The van der Waals surface area contributed by atoms with Crippen molar-refractivity contribution in [1.29, 1.82) is 0 Å². The molecule has 0 saturated carbocycles. The van der Waals surface area contributed by atoms with Gasteiger partial charge in [0.1, 0.15) is 72.2 Å². The lowest BCUT2D eigenvalue weighted by molar-refractivity contribution is -0.145. The average Bonchev–Trinajstić information content (AvgIpc) is 1.57. The number of phenols is 1. The number of aromatic hydroxyl groups is 1. The maximum Gasteiger partial charge on any atom is 0.326 e. The van der Waals surface area contributed by atoms with Gasteiger partial charge in [-0.25, -0.2) is 9.78 Å². The molecule has 3 fully saturated rings. The summed E-state index contributed by atoms with van der Waals surface area (Å²) in [4.78, 5) is 190. The fourth-order valence-corrected chi connectivity index (χ4v) is 11.9. The Labute approximate surface area is 556 Å². The van der Waals surface area contributed by atoms with E-state index in [2.05, 4.69) is 52.5 Å². The number of carbonyl (C=O) groups is 13. The molecule has 3 aliphatic rings. The number of aliphatic carboxylic acids is 1. The zero-order chi connectivity index (χ0) is 70.5. The molecule has 1 aromatic heterocycles. The Morgan fingerprint density at radius 2 is 1.10 bits per heavy atom. The SMILES string of the molecule is CC[C@H](C)[C@H](NC(=O)[C@@H]1CCCN1C(=O)CNC(=O)[C@@H]1CCCN1C(=O)[C@H](Cc1ccccc1)NC(=O)[C@@H]1CCCN1C(=O)[C@H](Cc1ccc(O)cc1)NC(=O)[C@@H](NC(=O)[C@H](CC(C)C)NC(=O)[C@@H](N)CO)C(C)C)C(=O)N[C@@H](Cc1cnc[nH]1)C(=O)N[C@@H](CC(N)=O)C(=O)O. The van der Waals surface area contributed by atoms with E-state index in [1.54, 1.807) is 70.2 Å². The number of likely N-dealkylation sites (tertiary alicyclic amines) is 3. The summed E-state index contributed by atoms with van der Waals surface area (Å²) in [5, 5.41) is 50.4. The molecule has 3 aliphatic heterocycles. The van der Waals surface area contributed by atoms with Gasteiger partial charge in [-0.3, -0.25) is 57.5 Å². The quantitative estimate of drug-likeness (QED) is 0.0298. The number of hydrogen-bond donors (Lipinski definition) is 14. The highest BCUT2D eigenvalue weighted by atomic mass is 16.4. The minimum atomic E-state index is -1.71.